The quantitative estimate of drug-likeness (QED) is 0.497. The first-order valence-electron chi connectivity index (χ1n) is 3.35. The highest BCUT2D eigenvalue weighted by molar-refractivity contribution is 7.99. The molecule has 1 unspecified atom stereocenters. The van der Waals surface area contributed by atoms with Crippen molar-refractivity contribution >= 4 is 17.6 Å². The minimum Gasteiger partial charge on any atom is -0.383 e. The van der Waals surface area contributed by atoms with Crippen molar-refractivity contribution in [2.24, 2.45) is 11.7 Å². The van der Waals surface area contributed by atoms with Crippen molar-refractivity contribution < 1.29 is 8.78 Å². The minimum atomic E-state index is -3.08. The van der Waals surface area contributed by atoms with Crippen LogP contribution in [-0.4, -0.2) is 23.3 Å². The Hall–Kier alpha value is -0.320. The predicted octanol–water partition coefficient (Wildman–Crippen LogP) is 1.31. The second-order valence-corrected chi connectivity index (χ2v) is 3.75. The van der Waals surface area contributed by atoms with Gasteiger partial charge in [-0.15, -0.1) is 0 Å². The lowest BCUT2D eigenvalue weighted by atomic mass is 10.0. The fourth-order valence-corrected chi connectivity index (χ4v) is 2.32. The molecular weight excluding hydrogens is 170 g/mol. The molecule has 1 aliphatic heterocycles. The van der Waals surface area contributed by atoms with E-state index >= 15 is 0 Å². The number of hydrogen-bond acceptors (Lipinski definition) is 2. The van der Waals surface area contributed by atoms with Gasteiger partial charge in [-0.05, 0) is 12.2 Å². The Kier molecular flexibility index (Phi) is 2.37. The molecule has 64 valence electrons. The van der Waals surface area contributed by atoms with E-state index in [1.807, 2.05) is 0 Å². The molecule has 1 atom stereocenters. The van der Waals surface area contributed by atoms with Crippen LogP contribution in [0.15, 0.2) is 0 Å². The summed E-state index contributed by atoms with van der Waals surface area (Å²) in [6.45, 7) is 0. The highest BCUT2D eigenvalue weighted by atomic mass is 32.2. The maximum Gasteiger partial charge on any atom is 0.307 e. The Labute approximate surface area is 68.0 Å². The highest BCUT2D eigenvalue weighted by Crippen LogP contribution is 2.35. The average Bonchev–Trinajstić information content (AvgIpc) is 2.37. The van der Waals surface area contributed by atoms with Crippen LogP contribution in [0, 0.1) is 11.3 Å². The summed E-state index contributed by atoms with van der Waals surface area (Å²) in [5, 5.41) is 6.68. The van der Waals surface area contributed by atoms with Gasteiger partial charge in [0.25, 0.3) is 0 Å². The Bertz CT molecular complexity index is 166. The molecule has 0 spiro atoms. The lowest BCUT2D eigenvalue weighted by molar-refractivity contribution is 0.0214. The molecule has 0 aliphatic carbocycles. The number of thioether (sulfide) groups is 1. The van der Waals surface area contributed by atoms with Crippen LogP contribution < -0.4 is 5.73 Å². The van der Waals surface area contributed by atoms with Crippen LogP contribution in [0.25, 0.3) is 0 Å². The largest absolute Gasteiger partial charge is 0.383 e. The molecule has 5 heteroatoms. The molecule has 1 rings (SSSR count). The predicted molar refractivity (Wildman–Crippen MR) is 42.3 cm³/mol. The zero-order valence-electron chi connectivity index (χ0n) is 5.94. The van der Waals surface area contributed by atoms with E-state index in [9.17, 15) is 8.78 Å². The number of nitrogens with two attached hydrogens (primary N) is 1. The van der Waals surface area contributed by atoms with Gasteiger partial charge in [0, 0.05) is 11.7 Å². The molecule has 0 radical (unpaired) electrons. The SMILES string of the molecule is N=C(N)C(F)(F)C1CCSC1. The smallest absolute Gasteiger partial charge is 0.307 e. The van der Waals surface area contributed by atoms with Gasteiger partial charge in [0.05, 0.1) is 0 Å². The molecule has 2 nitrogen and oxygen atoms in total. The molecule has 0 aromatic heterocycles. The van der Waals surface area contributed by atoms with Gasteiger partial charge in [0.15, 0.2) is 5.84 Å². The zero-order chi connectivity index (χ0) is 8.48. The molecule has 1 heterocycles. The van der Waals surface area contributed by atoms with Crippen LogP contribution in [-0.2, 0) is 0 Å². The monoisotopic (exact) mass is 180 g/mol. The van der Waals surface area contributed by atoms with Gasteiger partial charge in [0.2, 0.25) is 0 Å². The number of halogens is 2. The molecule has 3 N–H and O–H groups in total. The number of rotatable bonds is 2. The maximum absolute atomic E-state index is 12.9. The summed E-state index contributed by atoms with van der Waals surface area (Å²) < 4.78 is 25.8. The first-order valence-corrected chi connectivity index (χ1v) is 4.50. The summed E-state index contributed by atoms with van der Waals surface area (Å²) in [6.07, 6.45) is 0.469. The normalized spacial score (nSPS) is 25.5. The van der Waals surface area contributed by atoms with Crippen LogP contribution >= 0.6 is 11.8 Å². The van der Waals surface area contributed by atoms with Gasteiger partial charge >= 0.3 is 5.92 Å². The summed E-state index contributed by atoms with van der Waals surface area (Å²) in [5.74, 6) is -3.61. The summed E-state index contributed by atoms with van der Waals surface area (Å²) >= 11 is 1.49. The second kappa shape index (κ2) is 2.97. The second-order valence-electron chi connectivity index (χ2n) is 2.60. The van der Waals surface area contributed by atoms with Crippen LogP contribution in [0.1, 0.15) is 6.42 Å². The molecule has 1 fully saturated rings. The molecule has 0 bridgehead atoms. The summed E-state index contributed by atoms with van der Waals surface area (Å²) in [4.78, 5) is 0. The highest BCUT2D eigenvalue weighted by Gasteiger charge is 2.44. The van der Waals surface area contributed by atoms with Gasteiger partial charge in [-0.1, -0.05) is 0 Å². The van der Waals surface area contributed by atoms with E-state index in [1.54, 1.807) is 0 Å². The fourth-order valence-electron chi connectivity index (χ4n) is 1.04. The molecule has 0 aromatic carbocycles. The third kappa shape index (κ3) is 1.64. The van der Waals surface area contributed by atoms with Crippen LogP contribution in [0.4, 0.5) is 8.78 Å². The fraction of sp³-hybridized carbons (Fsp3) is 0.833. The van der Waals surface area contributed by atoms with Gasteiger partial charge in [0.1, 0.15) is 0 Å². The topological polar surface area (TPSA) is 49.9 Å². The van der Waals surface area contributed by atoms with Gasteiger partial charge in [-0.2, -0.15) is 20.5 Å². The first-order chi connectivity index (χ1) is 5.05. The molecule has 1 saturated heterocycles. The number of nitrogens with one attached hydrogen (secondary N) is 1. The first kappa shape index (κ1) is 8.77. The zero-order valence-corrected chi connectivity index (χ0v) is 6.76. The Balaban J connectivity index is 2.62. The number of amidine groups is 1. The van der Waals surface area contributed by atoms with E-state index in [2.05, 4.69) is 0 Å². The van der Waals surface area contributed by atoms with Crippen LogP contribution in [0.5, 0.6) is 0 Å². The van der Waals surface area contributed by atoms with E-state index in [4.69, 9.17) is 11.1 Å². The van der Waals surface area contributed by atoms with Crippen molar-refractivity contribution in [2.75, 3.05) is 11.5 Å². The minimum absolute atomic E-state index is 0.423. The van der Waals surface area contributed by atoms with E-state index in [1.165, 1.54) is 11.8 Å². The van der Waals surface area contributed by atoms with Gasteiger partial charge < -0.3 is 5.73 Å². The summed E-state index contributed by atoms with van der Waals surface area (Å²) in [5.41, 5.74) is 4.77. The van der Waals surface area contributed by atoms with E-state index < -0.39 is 17.7 Å². The Morgan fingerprint density at radius 1 is 1.64 bits per heavy atom. The van der Waals surface area contributed by atoms with Crippen molar-refractivity contribution in [3.63, 3.8) is 0 Å². The molecular formula is C6H10F2N2S. The average molecular weight is 180 g/mol. The van der Waals surface area contributed by atoms with E-state index in [0.717, 1.165) is 5.75 Å². The van der Waals surface area contributed by atoms with Crippen molar-refractivity contribution in [3.05, 3.63) is 0 Å². The Morgan fingerprint density at radius 3 is 2.64 bits per heavy atom. The molecule has 0 aromatic rings. The Morgan fingerprint density at radius 2 is 2.27 bits per heavy atom. The standard InChI is InChI=1S/C6H10F2N2S/c7-6(8,5(9)10)4-1-2-11-3-4/h4H,1-3H2,(H3,9,10). The number of alkyl halides is 2. The molecule has 1 aliphatic rings. The van der Waals surface area contributed by atoms with E-state index in [0.29, 0.717) is 12.2 Å². The van der Waals surface area contributed by atoms with Crippen molar-refractivity contribution in [1.29, 1.82) is 5.41 Å². The van der Waals surface area contributed by atoms with Gasteiger partial charge in [-0.25, -0.2) is 0 Å². The van der Waals surface area contributed by atoms with Gasteiger partial charge in [-0.3, -0.25) is 5.41 Å². The number of hydrogen-bond donors (Lipinski definition) is 2. The van der Waals surface area contributed by atoms with Crippen molar-refractivity contribution in [3.8, 4) is 0 Å². The molecule has 11 heavy (non-hydrogen) atoms. The summed E-state index contributed by atoms with van der Waals surface area (Å²) in [6, 6.07) is 0. The van der Waals surface area contributed by atoms with Crippen LogP contribution in [0.2, 0.25) is 0 Å². The summed E-state index contributed by atoms with van der Waals surface area (Å²) in [7, 11) is 0. The molecule has 0 saturated carbocycles. The molecule has 0 amide bonds. The lowest BCUT2D eigenvalue weighted by Crippen LogP contribution is -2.41. The van der Waals surface area contributed by atoms with Crippen molar-refractivity contribution in [1.82, 2.24) is 0 Å². The third-order valence-corrected chi connectivity index (χ3v) is 2.96. The maximum atomic E-state index is 12.9. The van der Waals surface area contributed by atoms with Crippen molar-refractivity contribution in [2.45, 2.75) is 12.3 Å². The lowest BCUT2D eigenvalue weighted by Gasteiger charge is -2.20. The van der Waals surface area contributed by atoms with E-state index in [-0.39, 0.29) is 0 Å². The third-order valence-electron chi connectivity index (χ3n) is 1.80. The van der Waals surface area contributed by atoms with Crippen LogP contribution in [0.3, 0.4) is 0 Å².